The van der Waals surface area contributed by atoms with Crippen molar-refractivity contribution < 1.29 is 23.9 Å². The van der Waals surface area contributed by atoms with E-state index >= 15 is 0 Å². The molecule has 2 atom stereocenters. The maximum absolute atomic E-state index is 12.5. The number of rotatable bonds is 5. The van der Waals surface area contributed by atoms with E-state index in [1.165, 1.54) is 14.2 Å². The molecule has 25 heavy (non-hydrogen) atoms. The molecule has 1 aliphatic rings. The maximum Gasteiger partial charge on any atom is 0.319 e. The Labute approximate surface area is 149 Å². The summed E-state index contributed by atoms with van der Waals surface area (Å²) in [5.41, 5.74) is 0.843. The summed E-state index contributed by atoms with van der Waals surface area (Å²) in [5.74, 6) is -3.82. The number of carbonyl (C=O) groups excluding carboxylic acids is 3. The predicted molar refractivity (Wildman–Crippen MR) is 89.9 cm³/mol. The molecule has 7 nitrogen and oxygen atoms in total. The molecule has 1 N–H and O–H groups in total. The third kappa shape index (κ3) is 4.00. The first kappa shape index (κ1) is 18.5. The van der Waals surface area contributed by atoms with Gasteiger partial charge in [-0.15, -0.1) is 0 Å². The number of nitriles is 1. The van der Waals surface area contributed by atoms with Crippen LogP contribution in [0.3, 0.4) is 0 Å². The second-order valence-corrected chi connectivity index (χ2v) is 6.08. The van der Waals surface area contributed by atoms with E-state index in [1.807, 2.05) is 0 Å². The molecule has 0 aliphatic carbocycles. The van der Waals surface area contributed by atoms with Gasteiger partial charge >= 0.3 is 11.9 Å². The largest absolute Gasteiger partial charge is 0.468 e. The molecular weight excluding hydrogens is 344 g/mol. The summed E-state index contributed by atoms with van der Waals surface area (Å²) in [6, 6.07) is 10.8. The number of amides is 1. The average molecular weight is 360 g/mol. The molecule has 0 saturated heterocycles. The van der Waals surface area contributed by atoms with Gasteiger partial charge in [-0.1, -0.05) is 42.1 Å². The summed E-state index contributed by atoms with van der Waals surface area (Å²) < 4.78 is 9.32. The van der Waals surface area contributed by atoms with Crippen molar-refractivity contribution in [1.29, 1.82) is 5.26 Å². The fourth-order valence-electron chi connectivity index (χ4n) is 2.53. The van der Waals surface area contributed by atoms with Crippen LogP contribution < -0.4 is 5.32 Å². The van der Waals surface area contributed by atoms with Crippen LogP contribution in [0, 0.1) is 17.2 Å². The van der Waals surface area contributed by atoms with Gasteiger partial charge in [0.15, 0.2) is 0 Å². The zero-order valence-corrected chi connectivity index (χ0v) is 14.5. The fraction of sp³-hybridized carbons (Fsp3) is 0.294. The Morgan fingerprint density at radius 2 is 1.92 bits per heavy atom. The van der Waals surface area contributed by atoms with Crippen molar-refractivity contribution in [1.82, 2.24) is 5.32 Å². The van der Waals surface area contributed by atoms with Gasteiger partial charge in [-0.25, -0.2) is 0 Å². The molecule has 0 spiro atoms. The highest BCUT2D eigenvalue weighted by Gasteiger charge is 2.44. The Balaban J connectivity index is 2.51. The zero-order chi connectivity index (χ0) is 18.4. The van der Waals surface area contributed by atoms with E-state index in [2.05, 4.69) is 16.1 Å². The second-order valence-electron chi connectivity index (χ2n) is 5.10. The van der Waals surface area contributed by atoms with Gasteiger partial charge in [-0.2, -0.15) is 5.26 Å². The molecule has 130 valence electrons. The van der Waals surface area contributed by atoms with E-state index in [4.69, 9.17) is 4.74 Å². The van der Waals surface area contributed by atoms with Gasteiger partial charge in [0.1, 0.15) is 5.92 Å². The molecule has 0 unspecified atom stereocenters. The molecular formula is C17H16N2O5S. The number of allylic oxidation sites excluding steroid dienone is 1. The van der Waals surface area contributed by atoms with Crippen LogP contribution in [0.2, 0.25) is 0 Å². The number of nitrogens with one attached hydrogen (secondary N) is 1. The van der Waals surface area contributed by atoms with Crippen LogP contribution in [0.1, 0.15) is 11.5 Å². The molecule has 0 fully saturated rings. The van der Waals surface area contributed by atoms with Crippen molar-refractivity contribution >= 4 is 29.6 Å². The van der Waals surface area contributed by atoms with Crippen molar-refractivity contribution in [3.63, 3.8) is 0 Å². The highest BCUT2D eigenvalue weighted by molar-refractivity contribution is 8.03. The monoisotopic (exact) mass is 360 g/mol. The lowest BCUT2D eigenvalue weighted by atomic mass is 9.78. The molecule has 0 bridgehead atoms. The molecule has 0 aromatic heterocycles. The smallest absolute Gasteiger partial charge is 0.319 e. The van der Waals surface area contributed by atoms with E-state index in [9.17, 15) is 19.6 Å². The topological polar surface area (TPSA) is 105 Å². The molecule has 0 radical (unpaired) electrons. The van der Waals surface area contributed by atoms with Gasteiger partial charge < -0.3 is 14.8 Å². The SMILES string of the molecule is COC(=O)CSC1=C(C#N)[C@H](c2ccccc2)[C@H](C(=O)OC)C(=O)N1. The molecule has 0 saturated carbocycles. The van der Waals surface area contributed by atoms with E-state index in [1.54, 1.807) is 30.3 Å². The zero-order valence-electron chi connectivity index (χ0n) is 13.6. The average Bonchev–Trinajstić information content (AvgIpc) is 2.65. The van der Waals surface area contributed by atoms with E-state index in [0.29, 0.717) is 5.56 Å². The summed E-state index contributed by atoms with van der Waals surface area (Å²) in [4.78, 5) is 36.0. The number of carbonyl (C=O) groups is 3. The van der Waals surface area contributed by atoms with Crippen molar-refractivity contribution in [3.8, 4) is 6.07 Å². The molecule has 1 amide bonds. The number of nitrogens with zero attached hydrogens (tertiary/aromatic N) is 1. The summed E-state index contributed by atoms with van der Waals surface area (Å²) in [6.45, 7) is 0. The Bertz CT molecular complexity index is 754. The molecule has 1 aliphatic heterocycles. The van der Waals surface area contributed by atoms with Crippen molar-refractivity contribution in [2.24, 2.45) is 5.92 Å². The predicted octanol–water partition coefficient (Wildman–Crippen LogP) is 1.33. The summed E-state index contributed by atoms with van der Waals surface area (Å²) in [6.07, 6.45) is 0. The lowest BCUT2D eigenvalue weighted by Gasteiger charge is -2.30. The highest BCUT2D eigenvalue weighted by Crippen LogP contribution is 2.39. The Morgan fingerprint density at radius 1 is 1.24 bits per heavy atom. The minimum absolute atomic E-state index is 0.0678. The molecule has 1 aromatic rings. The lowest BCUT2D eigenvalue weighted by Crippen LogP contribution is -2.44. The van der Waals surface area contributed by atoms with Gasteiger partial charge in [0.25, 0.3) is 0 Å². The van der Waals surface area contributed by atoms with Crippen LogP contribution in [0.4, 0.5) is 0 Å². The summed E-state index contributed by atoms with van der Waals surface area (Å²) >= 11 is 0.985. The first-order valence-corrected chi connectivity index (χ1v) is 8.29. The number of ether oxygens (including phenoxy) is 2. The van der Waals surface area contributed by atoms with Crippen molar-refractivity contribution in [2.45, 2.75) is 5.92 Å². The third-order valence-electron chi connectivity index (χ3n) is 3.70. The number of thioether (sulfide) groups is 1. The minimum atomic E-state index is -1.18. The van der Waals surface area contributed by atoms with Crippen molar-refractivity contribution in [3.05, 3.63) is 46.5 Å². The molecule has 2 rings (SSSR count). The normalized spacial score (nSPS) is 19.6. The van der Waals surface area contributed by atoms with Gasteiger partial charge in [-0.3, -0.25) is 14.4 Å². The number of hydrogen-bond donors (Lipinski definition) is 1. The van der Waals surface area contributed by atoms with E-state index < -0.39 is 29.7 Å². The number of methoxy groups -OCH3 is 2. The first-order chi connectivity index (χ1) is 12.0. The number of hydrogen-bond acceptors (Lipinski definition) is 7. The van der Waals surface area contributed by atoms with E-state index in [-0.39, 0.29) is 16.4 Å². The maximum atomic E-state index is 12.5. The number of esters is 2. The van der Waals surface area contributed by atoms with Crippen LogP contribution in [0.25, 0.3) is 0 Å². The van der Waals surface area contributed by atoms with Gasteiger partial charge in [0.2, 0.25) is 5.91 Å². The van der Waals surface area contributed by atoms with Gasteiger partial charge in [-0.05, 0) is 5.56 Å². The molecule has 1 heterocycles. The summed E-state index contributed by atoms with van der Waals surface area (Å²) in [5, 5.41) is 12.4. The van der Waals surface area contributed by atoms with Crippen LogP contribution in [0.15, 0.2) is 40.9 Å². The lowest BCUT2D eigenvalue weighted by molar-refractivity contribution is -0.150. The Hall–Kier alpha value is -2.79. The molecule has 8 heteroatoms. The number of benzene rings is 1. The van der Waals surface area contributed by atoms with Crippen LogP contribution in [0.5, 0.6) is 0 Å². The van der Waals surface area contributed by atoms with Crippen molar-refractivity contribution in [2.75, 3.05) is 20.0 Å². The second kappa shape index (κ2) is 8.35. The highest BCUT2D eigenvalue weighted by atomic mass is 32.2. The minimum Gasteiger partial charge on any atom is -0.468 e. The van der Waals surface area contributed by atoms with Crippen LogP contribution in [-0.4, -0.2) is 37.8 Å². The standard InChI is InChI=1S/C17H16N2O5S/c1-23-12(20)9-25-16-11(8-18)13(10-6-4-3-5-7-10)14(15(21)19-16)17(22)24-2/h3-7,13-14H,9H2,1-2H3,(H,19,21)/t13-,14-/m0/s1. The van der Waals surface area contributed by atoms with Gasteiger partial charge in [0.05, 0.1) is 36.6 Å². The third-order valence-corrected chi connectivity index (χ3v) is 4.70. The van der Waals surface area contributed by atoms with Crippen LogP contribution >= 0.6 is 11.8 Å². The Kier molecular flexibility index (Phi) is 6.19. The van der Waals surface area contributed by atoms with E-state index in [0.717, 1.165) is 11.8 Å². The van der Waals surface area contributed by atoms with Gasteiger partial charge in [0, 0.05) is 5.92 Å². The fourth-order valence-corrected chi connectivity index (χ4v) is 3.41. The summed E-state index contributed by atoms with van der Waals surface area (Å²) in [7, 11) is 2.44. The molecule has 1 aromatic carbocycles. The quantitative estimate of drug-likeness (QED) is 0.624. The Morgan fingerprint density at radius 3 is 2.48 bits per heavy atom. The van der Waals surface area contributed by atoms with Crippen LogP contribution in [-0.2, 0) is 23.9 Å². The first-order valence-electron chi connectivity index (χ1n) is 7.31.